The summed E-state index contributed by atoms with van der Waals surface area (Å²) in [5, 5.41) is 0. The van der Waals surface area contributed by atoms with Crippen molar-refractivity contribution in [2.75, 3.05) is 33.2 Å². The van der Waals surface area contributed by atoms with Crippen LogP contribution in [0.25, 0.3) is 0 Å². The summed E-state index contributed by atoms with van der Waals surface area (Å²) in [6.07, 6.45) is 0. The van der Waals surface area contributed by atoms with E-state index in [2.05, 4.69) is 0 Å². The lowest BCUT2D eigenvalue weighted by Crippen LogP contribution is -2.36. The van der Waals surface area contributed by atoms with E-state index in [1.807, 2.05) is 24.3 Å². The van der Waals surface area contributed by atoms with Gasteiger partial charge < -0.3 is 9.64 Å². The molecule has 82 valence electrons. The first kappa shape index (κ1) is 11.4. The van der Waals surface area contributed by atoms with Gasteiger partial charge in [0, 0.05) is 32.9 Å². The summed E-state index contributed by atoms with van der Waals surface area (Å²) in [4.78, 5) is 14.8. The van der Waals surface area contributed by atoms with Crippen molar-refractivity contribution in [2.45, 2.75) is 0 Å². The highest BCUT2D eigenvalue weighted by Gasteiger charge is 2.12. The third-order valence-electron chi connectivity index (χ3n) is 2.11. The highest BCUT2D eigenvalue weighted by molar-refractivity contribution is 5.91. The molecule has 0 bridgehead atoms. The molecule has 15 heavy (non-hydrogen) atoms. The molecule has 1 rings (SSSR count). The van der Waals surface area contributed by atoms with Crippen LogP contribution in [0.15, 0.2) is 24.3 Å². The molecule has 4 heteroatoms. The molecule has 0 fully saturated rings. The fourth-order valence-corrected chi connectivity index (χ4v) is 1.23. The smallest absolute Gasteiger partial charge is 0.323 e. The van der Waals surface area contributed by atoms with Gasteiger partial charge in [-0.25, -0.2) is 4.79 Å². The van der Waals surface area contributed by atoms with Crippen LogP contribution in [0, 0.1) is 0 Å². The first-order valence-corrected chi connectivity index (χ1v) is 4.65. The second-order valence-electron chi connectivity index (χ2n) is 3.44. The summed E-state index contributed by atoms with van der Waals surface area (Å²) >= 11 is 0. The lowest BCUT2D eigenvalue weighted by molar-refractivity contribution is 0.225. The van der Waals surface area contributed by atoms with Gasteiger partial charge in [0.05, 0.1) is 7.11 Å². The van der Waals surface area contributed by atoms with Crippen LogP contribution >= 0.6 is 0 Å². The summed E-state index contributed by atoms with van der Waals surface area (Å²) in [5.74, 6) is 0.742. The Morgan fingerprint density at radius 1 is 1.27 bits per heavy atom. The number of ether oxygens (including phenoxy) is 1. The Hall–Kier alpha value is -1.71. The molecule has 0 radical (unpaired) electrons. The maximum atomic E-state index is 11.7. The molecule has 0 atom stereocenters. The molecular formula is C11H16N2O2. The predicted octanol–water partition coefficient (Wildman–Crippen LogP) is 1.81. The summed E-state index contributed by atoms with van der Waals surface area (Å²) in [6, 6.07) is 7.32. The zero-order valence-electron chi connectivity index (χ0n) is 9.52. The summed E-state index contributed by atoms with van der Waals surface area (Å²) in [7, 11) is 6.78. The molecular weight excluding hydrogens is 192 g/mol. The lowest BCUT2D eigenvalue weighted by atomic mass is 10.3. The molecule has 0 unspecified atom stereocenters. The van der Waals surface area contributed by atoms with Crippen LogP contribution in [-0.4, -0.2) is 39.2 Å². The first-order chi connectivity index (χ1) is 7.06. The number of hydrogen-bond donors (Lipinski definition) is 0. The van der Waals surface area contributed by atoms with Crippen LogP contribution in [0.4, 0.5) is 10.5 Å². The zero-order chi connectivity index (χ0) is 11.4. The number of methoxy groups -OCH3 is 1. The Bertz CT molecular complexity index is 350. The fraction of sp³-hybridized carbons (Fsp3) is 0.364. The van der Waals surface area contributed by atoms with Gasteiger partial charge in [-0.3, -0.25) is 4.90 Å². The molecule has 1 aromatic carbocycles. The summed E-state index contributed by atoms with van der Waals surface area (Å²) in [6.45, 7) is 0. The van der Waals surface area contributed by atoms with Crippen molar-refractivity contribution in [2.24, 2.45) is 0 Å². The number of carbonyl (C=O) groups is 1. The van der Waals surface area contributed by atoms with E-state index in [-0.39, 0.29) is 6.03 Å². The third-order valence-corrected chi connectivity index (χ3v) is 2.11. The topological polar surface area (TPSA) is 32.8 Å². The molecule has 0 aliphatic rings. The molecule has 0 spiro atoms. The number of rotatable bonds is 2. The van der Waals surface area contributed by atoms with Crippen LogP contribution in [0.1, 0.15) is 0 Å². The Morgan fingerprint density at radius 2 is 1.93 bits per heavy atom. The molecule has 0 heterocycles. The minimum Gasteiger partial charge on any atom is -0.497 e. The molecule has 4 nitrogen and oxygen atoms in total. The van der Waals surface area contributed by atoms with Crippen molar-refractivity contribution in [3.05, 3.63) is 24.3 Å². The molecule has 0 saturated heterocycles. The Morgan fingerprint density at radius 3 is 2.47 bits per heavy atom. The van der Waals surface area contributed by atoms with E-state index < -0.39 is 0 Å². The van der Waals surface area contributed by atoms with Crippen LogP contribution in [0.5, 0.6) is 5.75 Å². The molecule has 2 amide bonds. The van der Waals surface area contributed by atoms with E-state index in [0.717, 1.165) is 11.4 Å². The fourth-order valence-electron chi connectivity index (χ4n) is 1.23. The average Bonchev–Trinajstić information content (AvgIpc) is 2.27. The number of anilines is 1. The second kappa shape index (κ2) is 4.68. The van der Waals surface area contributed by atoms with Crippen molar-refractivity contribution >= 4 is 11.7 Å². The van der Waals surface area contributed by atoms with Gasteiger partial charge in [0.15, 0.2) is 0 Å². The van der Waals surface area contributed by atoms with E-state index in [9.17, 15) is 4.79 Å². The third kappa shape index (κ3) is 2.62. The maximum Gasteiger partial charge on any atom is 0.323 e. The van der Waals surface area contributed by atoms with Crippen molar-refractivity contribution in [1.29, 1.82) is 0 Å². The maximum absolute atomic E-state index is 11.7. The Labute approximate surface area is 90.1 Å². The Balaban J connectivity index is 2.90. The van der Waals surface area contributed by atoms with Gasteiger partial charge in [0.1, 0.15) is 5.75 Å². The standard InChI is InChI=1S/C11H16N2O2/c1-12(2)11(14)13(3)9-6-5-7-10(8-9)15-4/h5-8H,1-4H3. The number of benzene rings is 1. The van der Waals surface area contributed by atoms with E-state index in [4.69, 9.17) is 4.74 Å². The molecule has 0 aromatic heterocycles. The highest BCUT2D eigenvalue weighted by atomic mass is 16.5. The minimum absolute atomic E-state index is 0.0664. The van der Waals surface area contributed by atoms with Crippen LogP contribution < -0.4 is 9.64 Å². The number of hydrogen-bond acceptors (Lipinski definition) is 2. The second-order valence-corrected chi connectivity index (χ2v) is 3.44. The number of nitrogens with zero attached hydrogens (tertiary/aromatic N) is 2. The molecule has 0 saturated carbocycles. The van der Waals surface area contributed by atoms with Gasteiger partial charge in [-0.15, -0.1) is 0 Å². The van der Waals surface area contributed by atoms with Crippen molar-refractivity contribution in [1.82, 2.24) is 4.90 Å². The number of urea groups is 1. The minimum atomic E-state index is -0.0664. The summed E-state index contributed by atoms with van der Waals surface area (Å²) in [5.41, 5.74) is 0.813. The SMILES string of the molecule is COc1cccc(N(C)C(=O)N(C)C)c1. The zero-order valence-corrected chi connectivity index (χ0v) is 9.52. The predicted molar refractivity (Wildman–Crippen MR) is 60.5 cm³/mol. The first-order valence-electron chi connectivity index (χ1n) is 4.65. The van der Waals surface area contributed by atoms with Crippen molar-refractivity contribution in [3.8, 4) is 5.75 Å². The van der Waals surface area contributed by atoms with Gasteiger partial charge in [-0.2, -0.15) is 0 Å². The molecule has 0 N–H and O–H groups in total. The monoisotopic (exact) mass is 208 g/mol. The quantitative estimate of drug-likeness (QED) is 0.742. The lowest BCUT2D eigenvalue weighted by Gasteiger charge is -2.22. The van der Waals surface area contributed by atoms with Gasteiger partial charge in [0.2, 0.25) is 0 Å². The van der Waals surface area contributed by atoms with E-state index >= 15 is 0 Å². The van der Waals surface area contributed by atoms with E-state index in [0.29, 0.717) is 0 Å². The van der Waals surface area contributed by atoms with Crippen molar-refractivity contribution in [3.63, 3.8) is 0 Å². The van der Waals surface area contributed by atoms with Gasteiger partial charge in [0.25, 0.3) is 0 Å². The summed E-state index contributed by atoms with van der Waals surface area (Å²) < 4.78 is 5.09. The normalized spacial score (nSPS) is 9.60. The van der Waals surface area contributed by atoms with Crippen LogP contribution in [0.2, 0.25) is 0 Å². The molecule has 0 aliphatic heterocycles. The number of amides is 2. The molecule has 1 aromatic rings. The molecule has 0 aliphatic carbocycles. The van der Waals surface area contributed by atoms with Crippen LogP contribution in [0.3, 0.4) is 0 Å². The van der Waals surface area contributed by atoms with Crippen molar-refractivity contribution < 1.29 is 9.53 Å². The van der Waals surface area contributed by atoms with E-state index in [1.165, 1.54) is 4.90 Å². The van der Waals surface area contributed by atoms with Gasteiger partial charge in [-0.1, -0.05) is 6.07 Å². The Kier molecular flexibility index (Phi) is 3.55. The van der Waals surface area contributed by atoms with Crippen LogP contribution in [-0.2, 0) is 0 Å². The van der Waals surface area contributed by atoms with Gasteiger partial charge in [-0.05, 0) is 12.1 Å². The van der Waals surface area contributed by atoms with E-state index in [1.54, 1.807) is 33.2 Å². The van der Waals surface area contributed by atoms with Gasteiger partial charge >= 0.3 is 6.03 Å². The average molecular weight is 208 g/mol. The largest absolute Gasteiger partial charge is 0.497 e. The highest BCUT2D eigenvalue weighted by Crippen LogP contribution is 2.20. The number of carbonyl (C=O) groups excluding carboxylic acids is 1.